The van der Waals surface area contributed by atoms with Gasteiger partial charge in [0.05, 0.1) is 25.6 Å². The van der Waals surface area contributed by atoms with E-state index in [4.69, 9.17) is 15.3 Å². The molecule has 0 aliphatic heterocycles. The van der Waals surface area contributed by atoms with Crippen molar-refractivity contribution in [2.75, 3.05) is 25.6 Å². The van der Waals surface area contributed by atoms with E-state index in [-0.39, 0.29) is 11.7 Å². The van der Waals surface area contributed by atoms with Gasteiger partial charge >= 0.3 is 0 Å². The van der Waals surface area contributed by atoms with Crippen LogP contribution in [-0.2, 0) is 4.79 Å². The third-order valence-corrected chi connectivity index (χ3v) is 4.04. The molecule has 0 aromatic heterocycles. The van der Waals surface area contributed by atoms with Gasteiger partial charge < -0.3 is 20.6 Å². The first-order chi connectivity index (χ1) is 9.05. The molecule has 0 aliphatic rings. The summed E-state index contributed by atoms with van der Waals surface area (Å²) < 4.78 is 0.959. The zero-order valence-corrected chi connectivity index (χ0v) is 12.6. The van der Waals surface area contributed by atoms with Crippen LogP contribution in [-0.4, -0.2) is 52.3 Å². The third-order valence-electron chi connectivity index (χ3n) is 2.50. The first-order valence-electron chi connectivity index (χ1n) is 5.57. The Bertz CT molecular complexity index is 400. The highest BCUT2D eigenvalue weighted by molar-refractivity contribution is 9.10. The topological polar surface area (TPSA) is 89.8 Å². The molecule has 19 heavy (non-hydrogen) atoms. The molecule has 0 saturated heterocycles. The van der Waals surface area contributed by atoms with Crippen LogP contribution in [0.4, 0.5) is 0 Å². The zero-order valence-electron chi connectivity index (χ0n) is 10.2. The number of carbonyl (C=O) groups excluding carboxylic acids is 1. The summed E-state index contributed by atoms with van der Waals surface area (Å²) in [6.07, 6.45) is 0. The second-order valence-electron chi connectivity index (χ2n) is 4.05. The van der Waals surface area contributed by atoms with Gasteiger partial charge in [0.25, 0.3) is 0 Å². The molecular formula is C12H16BrNO4S. The largest absolute Gasteiger partial charge is 0.394 e. The van der Waals surface area contributed by atoms with Crippen LogP contribution >= 0.6 is 27.7 Å². The minimum absolute atomic E-state index is 0.142. The Balaban J connectivity index is 2.49. The van der Waals surface area contributed by atoms with Gasteiger partial charge in [-0.25, -0.2) is 0 Å². The van der Waals surface area contributed by atoms with E-state index in [1.807, 2.05) is 24.3 Å². The first-order valence-corrected chi connectivity index (χ1v) is 7.35. The molecular weight excluding hydrogens is 334 g/mol. The van der Waals surface area contributed by atoms with Crippen molar-refractivity contribution in [3.05, 3.63) is 28.7 Å². The third kappa shape index (κ3) is 5.12. The van der Waals surface area contributed by atoms with Crippen LogP contribution in [0.15, 0.2) is 33.6 Å². The molecule has 4 N–H and O–H groups in total. The SMILES string of the molecule is O=C(CSc1ccc(Br)cc1)NC(CO)(CO)CO. The number of thioether (sulfide) groups is 1. The van der Waals surface area contributed by atoms with Crippen molar-refractivity contribution >= 4 is 33.6 Å². The standard InChI is InChI=1S/C12H16BrNO4S/c13-9-1-3-10(4-2-9)19-5-11(18)14-12(6-15,7-16)8-17/h1-4,15-17H,5-8H2,(H,14,18). The van der Waals surface area contributed by atoms with Gasteiger partial charge in [0.15, 0.2) is 0 Å². The molecule has 7 heteroatoms. The van der Waals surface area contributed by atoms with Crippen molar-refractivity contribution in [1.29, 1.82) is 0 Å². The number of hydrogen-bond acceptors (Lipinski definition) is 5. The van der Waals surface area contributed by atoms with Crippen molar-refractivity contribution in [3.8, 4) is 0 Å². The number of amides is 1. The molecule has 1 amide bonds. The quantitative estimate of drug-likeness (QED) is 0.534. The molecule has 1 aromatic rings. The summed E-state index contributed by atoms with van der Waals surface area (Å²) in [6.45, 7) is -1.56. The van der Waals surface area contributed by atoms with E-state index in [9.17, 15) is 4.79 Å². The van der Waals surface area contributed by atoms with E-state index in [0.717, 1.165) is 9.37 Å². The number of aliphatic hydroxyl groups excluding tert-OH is 3. The molecule has 0 heterocycles. The molecule has 0 aliphatic carbocycles. The maximum absolute atomic E-state index is 11.7. The number of aliphatic hydroxyl groups is 3. The fourth-order valence-electron chi connectivity index (χ4n) is 1.28. The Morgan fingerprint density at radius 3 is 2.16 bits per heavy atom. The number of nitrogens with one attached hydrogen (secondary N) is 1. The summed E-state index contributed by atoms with van der Waals surface area (Å²) in [5, 5.41) is 29.7. The maximum atomic E-state index is 11.7. The molecule has 0 fully saturated rings. The summed E-state index contributed by atoms with van der Waals surface area (Å²) in [6, 6.07) is 7.50. The first kappa shape index (κ1) is 16.5. The molecule has 0 saturated carbocycles. The van der Waals surface area contributed by atoms with Gasteiger partial charge in [-0.3, -0.25) is 4.79 Å². The lowest BCUT2D eigenvalue weighted by Crippen LogP contribution is -2.57. The Kier molecular flexibility index (Phi) is 6.81. The zero-order chi connectivity index (χ0) is 14.3. The van der Waals surface area contributed by atoms with Crippen molar-refractivity contribution < 1.29 is 20.1 Å². The number of benzene rings is 1. The molecule has 0 spiro atoms. The van der Waals surface area contributed by atoms with Gasteiger partial charge in [0.2, 0.25) is 5.91 Å². The number of halogens is 1. The molecule has 1 rings (SSSR count). The van der Waals surface area contributed by atoms with Gasteiger partial charge in [-0.05, 0) is 24.3 Å². The Hall–Kier alpha value is -0.600. The van der Waals surface area contributed by atoms with Crippen molar-refractivity contribution in [2.45, 2.75) is 10.4 Å². The normalized spacial score (nSPS) is 11.4. The molecule has 1 aromatic carbocycles. The van der Waals surface area contributed by atoms with E-state index in [1.54, 1.807) is 0 Å². The van der Waals surface area contributed by atoms with Gasteiger partial charge in [0.1, 0.15) is 5.54 Å². The highest BCUT2D eigenvalue weighted by atomic mass is 79.9. The van der Waals surface area contributed by atoms with Crippen molar-refractivity contribution in [1.82, 2.24) is 5.32 Å². The van der Waals surface area contributed by atoms with E-state index in [2.05, 4.69) is 21.2 Å². The van der Waals surface area contributed by atoms with Gasteiger partial charge in [-0.2, -0.15) is 0 Å². The van der Waals surface area contributed by atoms with Crippen LogP contribution in [0.1, 0.15) is 0 Å². The van der Waals surface area contributed by atoms with Crippen LogP contribution in [0.5, 0.6) is 0 Å². The molecule has 0 atom stereocenters. The van der Waals surface area contributed by atoms with Crippen molar-refractivity contribution in [3.63, 3.8) is 0 Å². The average Bonchev–Trinajstić information content (AvgIpc) is 2.44. The average molecular weight is 350 g/mol. The number of hydrogen-bond donors (Lipinski definition) is 4. The van der Waals surface area contributed by atoms with E-state index < -0.39 is 25.4 Å². The fraction of sp³-hybridized carbons (Fsp3) is 0.417. The predicted molar refractivity (Wildman–Crippen MR) is 77.0 cm³/mol. The van der Waals surface area contributed by atoms with Crippen LogP contribution in [0.2, 0.25) is 0 Å². The fourth-order valence-corrected chi connectivity index (χ4v) is 2.24. The maximum Gasteiger partial charge on any atom is 0.231 e. The van der Waals surface area contributed by atoms with Crippen LogP contribution in [0, 0.1) is 0 Å². The van der Waals surface area contributed by atoms with Crippen LogP contribution in [0.25, 0.3) is 0 Å². The second kappa shape index (κ2) is 7.86. The second-order valence-corrected chi connectivity index (χ2v) is 6.01. The number of carbonyl (C=O) groups is 1. The van der Waals surface area contributed by atoms with E-state index in [1.165, 1.54) is 11.8 Å². The smallest absolute Gasteiger partial charge is 0.231 e. The van der Waals surface area contributed by atoms with Gasteiger partial charge in [-0.15, -0.1) is 11.8 Å². The van der Waals surface area contributed by atoms with Crippen molar-refractivity contribution in [2.24, 2.45) is 0 Å². The molecule has 106 valence electrons. The van der Waals surface area contributed by atoms with E-state index >= 15 is 0 Å². The Morgan fingerprint density at radius 1 is 1.16 bits per heavy atom. The lowest BCUT2D eigenvalue weighted by molar-refractivity contribution is -0.122. The lowest BCUT2D eigenvalue weighted by atomic mass is 10.0. The lowest BCUT2D eigenvalue weighted by Gasteiger charge is -2.28. The highest BCUT2D eigenvalue weighted by Crippen LogP contribution is 2.20. The summed E-state index contributed by atoms with van der Waals surface area (Å²) in [5.74, 6) is -0.214. The monoisotopic (exact) mass is 349 g/mol. The molecule has 0 unspecified atom stereocenters. The van der Waals surface area contributed by atoms with Crippen LogP contribution < -0.4 is 5.32 Å². The predicted octanol–water partition coefficient (Wildman–Crippen LogP) is 0.373. The summed E-state index contributed by atoms with van der Waals surface area (Å²) in [4.78, 5) is 12.6. The molecule has 0 bridgehead atoms. The van der Waals surface area contributed by atoms with Crippen LogP contribution in [0.3, 0.4) is 0 Å². The molecule has 5 nitrogen and oxygen atoms in total. The summed E-state index contributed by atoms with van der Waals surface area (Å²) in [7, 11) is 0. The Morgan fingerprint density at radius 2 is 1.68 bits per heavy atom. The minimum atomic E-state index is -1.36. The highest BCUT2D eigenvalue weighted by Gasteiger charge is 2.29. The molecule has 0 radical (unpaired) electrons. The van der Waals surface area contributed by atoms with Gasteiger partial charge in [0, 0.05) is 9.37 Å². The van der Waals surface area contributed by atoms with Gasteiger partial charge in [-0.1, -0.05) is 15.9 Å². The Labute approximate surface area is 124 Å². The van der Waals surface area contributed by atoms with E-state index in [0.29, 0.717) is 0 Å². The number of rotatable bonds is 7. The summed E-state index contributed by atoms with van der Waals surface area (Å²) in [5.41, 5.74) is -1.36. The minimum Gasteiger partial charge on any atom is -0.394 e. The summed E-state index contributed by atoms with van der Waals surface area (Å²) >= 11 is 4.65.